The minimum atomic E-state index is -0.596. The van der Waals surface area contributed by atoms with Gasteiger partial charge in [0.2, 0.25) is 0 Å². The van der Waals surface area contributed by atoms with Gasteiger partial charge in [-0.1, -0.05) is 30.5 Å². The van der Waals surface area contributed by atoms with Crippen LogP contribution in [0.3, 0.4) is 0 Å². The second-order valence-electron chi connectivity index (χ2n) is 2.89. The number of nitrogens with one attached hydrogen (secondary N) is 1. The van der Waals surface area contributed by atoms with Crippen LogP contribution in [0, 0.1) is 5.82 Å². The summed E-state index contributed by atoms with van der Waals surface area (Å²) in [5.74, 6) is 0.325. The molecule has 0 unspecified atom stereocenters. The van der Waals surface area contributed by atoms with Crippen molar-refractivity contribution in [1.29, 1.82) is 0 Å². The van der Waals surface area contributed by atoms with E-state index in [1.807, 2.05) is 0 Å². The Morgan fingerprint density at radius 3 is 2.93 bits per heavy atom. The lowest BCUT2D eigenvalue weighted by Crippen LogP contribution is -1.95. The summed E-state index contributed by atoms with van der Waals surface area (Å²) in [6.07, 6.45) is 1.45. The van der Waals surface area contributed by atoms with Crippen LogP contribution in [0.1, 0.15) is 23.7 Å². The molecule has 1 aromatic rings. The van der Waals surface area contributed by atoms with E-state index in [0.29, 0.717) is 12.0 Å². The van der Waals surface area contributed by atoms with Gasteiger partial charge in [-0.05, 0) is 18.6 Å². The number of carbonyl (C=O) groups excluding carboxylic acids is 1. The number of halogens is 2. The molecule has 0 aliphatic carbocycles. The van der Waals surface area contributed by atoms with Gasteiger partial charge in [-0.3, -0.25) is 4.79 Å². The minimum Gasteiger partial charge on any atom is -0.328 e. The fourth-order valence-corrected chi connectivity index (χ4v) is 1.92. The van der Waals surface area contributed by atoms with Gasteiger partial charge in [0.05, 0.1) is 16.3 Å². The van der Waals surface area contributed by atoms with Crippen molar-refractivity contribution in [2.24, 2.45) is 0 Å². The highest BCUT2D eigenvalue weighted by molar-refractivity contribution is 8.00. The molecule has 0 radical (unpaired) electrons. The number of carbonyl (C=O) groups is 1. The van der Waals surface area contributed by atoms with Crippen LogP contribution >= 0.6 is 23.5 Å². The largest absolute Gasteiger partial charge is 0.328 e. The van der Waals surface area contributed by atoms with Gasteiger partial charge >= 0.3 is 0 Å². The highest BCUT2D eigenvalue weighted by atomic mass is 35.5. The van der Waals surface area contributed by atoms with E-state index >= 15 is 0 Å². The third kappa shape index (κ3) is 3.11. The number of benzene rings is 1. The van der Waals surface area contributed by atoms with Crippen LogP contribution < -0.4 is 4.72 Å². The Bertz CT molecular complexity index is 360. The highest BCUT2D eigenvalue weighted by Gasteiger charge is 2.10. The van der Waals surface area contributed by atoms with Crippen LogP contribution in [-0.2, 0) is 0 Å². The summed E-state index contributed by atoms with van der Waals surface area (Å²) >= 11 is 7.32. The molecule has 1 rings (SSSR count). The maximum absolute atomic E-state index is 13.1. The second-order valence-corrected chi connectivity index (χ2v) is 4.17. The maximum Gasteiger partial charge on any atom is 0.154 e. The Kier molecular flexibility index (Phi) is 4.91. The van der Waals surface area contributed by atoms with E-state index in [0.717, 1.165) is 12.2 Å². The topological polar surface area (TPSA) is 29.1 Å². The summed E-state index contributed by atoms with van der Waals surface area (Å²) in [5.41, 5.74) is 0.470. The number of anilines is 1. The maximum atomic E-state index is 13.1. The summed E-state index contributed by atoms with van der Waals surface area (Å²) in [6.45, 7) is 2.05. The number of rotatable bonds is 5. The van der Waals surface area contributed by atoms with Crippen LogP contribution in [0.25, 0.3) is 0 Å². The summed E-state index contributed by atoms with van der Waals surface area (Å²) in [4.78, 5) is 10.6. The van der Waals surface area contributed by atoms with Gasteiger partial charge in [0.25, 0.3) is 0 Å². The first-order valence-electron chi connectivity index (χ1n) is 4.51. The number of hydrogen-bond acceptors (Lipinski definition) is 3. The quantitative estimate of drug-likeness (QED) is 0.488. The van der Waals surface area contributed by atoms with Gasteiger partial charge in [-0.2, -0.15) is 0 Å². The molecule has 0 aromatic heterocycles. The van der Waals surface area contributed by atoms with Crippen molar-refractivity contribution in [3.63, 3.8) is 0 Å². The number of hydrogen-bond donors (Lipinski definition) is 1. The lowest BCUT2D eigenvalue weighted by atomic mass is 10.2. The normalized spacial score (nSPS) is 10.1. The monoisotopic (exact) mass is 247 g/mol. The third-order valence-electron chi connectivity index (χ3n) is 1.73. The predicted molar refractivity (Wildman–Crippen MR) is 63.2 cm³/mol. The molecule has 0 spiro atoms. The molecule has 2 nitrogen and oxygen atoms in total. The lowest BCUT2D eigenvalue weighted by Gasteiger charge is -2.08. The molecule has 0 amide bonds. The molecule has 0 heterocycles. The first-order valence-corrected chi connectivity index (χ1v) is 5.88. The van der Waals surface area contributed by atoms with Crippen molar-refractivity contribution in [2.45, 2.75) is 13.3 Å². The Balaban J connectivity index is 2.85. The van der Waals surface area contributed by atoms with Crippen molar-refractivity contribution in [1.82, 2.24) is 0 Å². The molecule has 0 aliphatic heterocycles. The van der Waals surface area contributed by atoms with E-state index in [9.17, 15) is 9.18 Å². The van der Waals surface area contributed by atoms with Crippen LogP contribution in [0.2, 0.25) is 5.02 Å². The van der Waals surface area contributed by atoms with Gasteiger partial charge in [-0.15, -0.1) is 0 Å². The zero-order chi connectivity index (χ0) is 11.3. The summed E-state index contributed by atoms with van der Waals surface area (Å²) < 4.78 is 16.0. The van der Waals surface area contributed by atoms with E-state index in [-0.39, 0.29) is 10.6 Å². The van der Waals surface area contributed by atoms with Crippen molar-refractivity contribution in [2.75, 3.05) is 10.5 Å². The van der Waals surface area contributed by atoms with Gasteiger partial charge in [0, 0.05) is 5.75 Å². The SMILES string of the molecule is CCCSNc1ccc(F)c(C=O)c1Cl. The molecule has 0 saturated carbocycles. The van der Waals surface area contributed by atoms with Crippen molar-refractivity contribution in [3.8, 4) is 0 Å². The van der Waals surface area contributed by atoms with E-state index in [1.54, 1.807) is 0 Å². The van der Waals surface area contributed by atoms with Crippen LogP contribution in [0.4, 0.5) is 10.1 Å². The summed E-state index contributed by atoms with van der Waals surface area (Å²) in [7, 11) is 0. The van der Waals surface area contributed by atoms with Crippen molar-refractivity contribution in [3.05, 3.63) is 28.5 Å². The molecule has 1 N–H and O–H groups in total. The highest BCUT2D eigenvalue weighted by Crippen LogP contribution is 2.28. The average molecular weight is 248 g/mol. The zero-order valence-electron chi connectivity index (χ0n) is 8.22. The van der Waals surface area contributed by atoms with E-state index in [1.165, 1.54) is 24.1 Å². The Morgan fingerprint density at radius 2 is 2.33 bits per heavy atom. The van der Waals surface area contributed by atoms with E-state index in [4.69, 9.17) is 11.6 Å². The Morgan fingerprint density at radius 1 is 1.60 bits per heavy atom. The van der Waals surface area contributed by atoms with Crippen molar-refractivity contribution >= 4 is 35.5 Å². The van der Waals surface area contributed by atoms with Crippen LogP contribution in [-0.4, -0.2) is 12.0 Å². The number of aldehydes is 1. The smallest absolute Gasteiger partial charge is 0.154 e. The minimum absolute atomic E-state index is 0.0984. The summed E-state index contributed by atoms with van der Waals surface area (Å²) in [6, 6.07) is 2.75. The molecule has 0 bridgehead atoms. The molecule has 0 aliphatic rings. The molecule has 0 atom stereocenters. The summed E-state index contributed by atoms with van der Waals surface area (Å²) in [5, 5.41) is 0.133. The molecular formula is C10H11ClFNOS. The Labute approximate surface area is 97.3 Å². The van der Waals surface area contributed by atoms with Gasteiger partial charge < -0.3 is 4.72 Å². The first kappa shape index (κ1) is 12.3. The van der Waals surface area contributed by atoms with Gasteiger partial charge in [-0.25, -0.2) is 4.39 Å². The molecule has 1 aromatic carbocycles. The molecule has 0 saturated heterocycles. The molecule has 82 valence electrons. The fourth-order valence-electron chi connectivity index (χ4n) is 0.987. The van der Waals surface area contributed by atoms with Crippen LogP contribution in [0.5, 0.6) is 0 Å². The first-order chi connectivity index (χ1) is 7.20. The lowest BCUT2D eigenvalue weighted by molar-refractivity contribution is 0.112. The third-order valence-corrected chi connectivity index (χ3v) is 3.12. The Hall–Kier alpha value is -0.740. The molecular weight excluding hydrogens is 237 g/mol. The van der Waals surface area contributed by atoms with Crippen molar-refractivity contribution < 1.29 is 9.18 Å². The molecule has 15 heavy (non-hydrogen) atoms. The molecule has 0 fully saturated rings. The van der Waals surface area contributed by atoms with Gasteiger partial charge in [0.1, 0.15) is 5.82 Å². The average Bonchev–Trinajstić information content (AvgIpc) is 2.22. The fraction of sp³-hybridized carbons (Fsp3) is 0.300. The predicted octanol–water partition coefficient (Wildman–Crippen LogP) is 3.76. The van der Waals surface area contributed by atoms with E-state index < -0.39 is 5.82 Å². The van der Waals surface area contributed by atoms with Crippen LogP contribution in [0.15, 0.2) is 12.1 Å². The van der Waals surface area contributed by atoms with Gasteiger partial charge in [0.15, 0.2) is 6.29 Å². The second kappa shape index (κ2) is 5.98. The zero-order valence-corrected chi connectivity index (χ0v) is 9.79. The molecule has 5 heteroatoms. The standard InChI is InChI=1S/C10H11ClFNOS/c1-2-5-15-13-9-4-3-8(12)7(6-14)10(9)11/h3-4,6,13H,2,5H2,1H3. The van der Waals surface area contributed by atoms with E-state index in [2.05, 4.69) is 11.6 Å².